The summed E-state index contributed by atoms with van der Waals surface area (Å²) in [6.45, 7) is 13.8. The highest BCUT2D eigenvalue weighted by Crippen LogP contribution is 2.44. The molecule has 5 heterocycles. The summed E-state index contributed by atoms with van der Waals surface area (Å²) < 4.78 is 90.2. The number of ether oxygens (including phenoxy) is 12. The fraction of sp³-hybridized carbons (Fsp3) is 0.441. The van der Waals surface area contributed by atoms with E-state index in [9.17, 15) is 9.59 Å². The third-order valence-electron chi connectivity index (χ3n) is 17.2. The van der Waals surface area contributed by atoms with Gasteiger partial charge in [-0.05, 0) is 59.4 Å². The van der Waals surface area contributed by atoms with Gasteiger partial charge in [-0.15, -0.1) is 11.6 Å². The fourth-order valence-corrected chi connectivity index (χ4v) is 12.8. The molecule has 0 unspecified atom stereocenters. The van der Waals surface area contributed by atoms with E-state index >= 15 is 0 Å². The summed E-state index contributed by atoms with van der Waals surface area (Å²) in [5.41, 5.74) is 4.92. The van der Waals surface area contributed by atoms with Crippen LogP contribution in [0.1, 0.15) is 82.5 Å². The molecule has 6 aromatic carbocycles. The van der Waals surface area contributed by atoms with Crippen molar-refractivity contribution >= 4 is 31.7 Å². The summed E-state index contributed by atoms with van der Waals surface area (Å²) in [4.78, 5) is 30.4. The first-order valence-corrected chi connectivity index (χ1v) is 33.0. The van der Waals surface area contributed by atoms with Gasteiger partial charge in [-0.1, -0.05) is 185 Å². The molecular weight excluding hydrogens is 1130 g/mol. The van der Waals surface area contributed by atoms with Crippen LogP contribution in [0.4, 0.5) is 0 Å². The van der Waals surface area contributed by atoms with Crippen LogP contribution >= 0.6 is 11.6 Å². The summed E-state index contributed by atoms with van der Waals surface area (Å²) in [6, 6.07) is 54.5. The van der Waals surface area contributed by atoms with Gasteiger partial charge in [0.25, 0.3) is 11.8 Å². The molecule has 0 aromatic heterocycles. The van der Waals surface area contributed by atoms with Crippen molar-refractivity contribution in [2.75, 3.05) is 20.3 Å². The Morgan fingerprint density at radius 3 is 1.51 bits per heavy atom. The topological polar surface area (TPSA) is 157 Å². The minimum absolute atomic E-state index is 0.0550. The molecule has 0 spiro atoms. The zero-order valence-electron chi connectivity index (χ0n) is 49.7. The van der Waals surface area contributed by atoms with Crippen LogP contribution in [0.25, 0.3) is 0 Å². The summed E-state index contributed by atoms with van der Waals surface area (Å²) in [5, 5.41) is -1.34. The number of alkyl halides is 1. The second kappa shape index (κ2) is 27.9. The summed E-state index contributed by atoms with van der Waals surface area (Å²) in [5.74, 6) is -1.09. The number of hydrogen-bond donors (Lipinski definition) is 0. The maximum atomic E-state index is 14.6. The first kappa shape index (κ1) is 62.1. The molecule has 456 valence electrons. The summed E-state index contributed by atoms with van der Waals surface area (Å²) >= 11 is 7.99. The Morgan fingerprint density at radius 2 is 1.00 bits per heavy atom. The van der Waals surface area contributed by atoms with Crippen LogP contribution in [-0.4, -0.2) is 137 Å². The van der Waals surface area contributed by atoms with Gasteiger partial charge in [0.15, 0.2) is 33.5 Å². The average Bonchev–Trinajstić information content (AvgIpc) is 2.47. The zero-order valence-corrected chi connectivity index (χ0v) is 51.4. The molecule has 6 aromatic rings. The van der Waals surface area contributed by atoms with E-state index in [2.05, 4.69) is 33.9 Å². The number of carbonyl (C=O) groups excluding carboxylic acids is 2. The van der Waals surface area contributed by atoms with E-state index in [1.54, 1.807) is 24.3 Å². The van der Waals surface area contributed by atoms with Crippen molar-refractivity contribution in [3.8, 4) is 0 Å². The molecule has 0 aliphatic carbocycles. The minimum Gasteiger partial charge on any atom is -0.414 e. The molecule has 4 fully saturated rings. The van der Waals surface area contributed by atoms with Crippen molar-refractivity contribution in [1.29, 1.82) is 0 Å². The predicted molar refractivity (Wildman–Crippen MR) is 322 cm³/mol. The number of methoxy groups -OCH3 is 1. The molecule has 5 aliphatic rings. The molecule has 0 radical (unpaired) electrons. The van der Waals surface area contributed by atoms with Crippen molar-refractivity contribution in [2.24, 2.45) is 0 Å². The van der Waals surface area contributed by atoms with E-state index in [0.29, 0.717) is 0 Å². The molecule has 0 N–H and O–H groups in total. The molecule has 4 saturated heterocycles. The largest absolute Gasteiger partial charge is 0.414 e. The van der Waals surface area contributed by atoms with E-state index in [-0.39, 0.29) is 55.8 Å². The summed E-state index contributed by atoms with van der Waals surface area (Å²) in [7, 11) is -0.985. The number of amides is 2. The maximum Gasteiger partial charge on any atom is 0.262 e. The molecule has 0 bridgehead atoms. The van der Waals surface area contributed by atoms with Gasteiger partial charge >= 0.3 is 0 Å². The number of halogens is 1. The van der Waals surface area contributed by atoms with Crippen molar-refractivity contribution in [2.45, 2.75) is 170 Å². The molecule has 18 heteroatoms. The minimum atomic E-state index is -2.43. The lowest BCUT2D eigenvalue weighted by Crippen LogP contribution is -2.70. The second-order valence-electron chi connectivity index (χ2n) is 24.0. The fourth-order valence-electron chi connectivity index (χ4n) is 11.5. The van der Waals surface area contributed by atoms with Gasteiger partial charge < -0.3 is 61.3 Å². The SMILES string of the molecule is CO[C@@H]1O[C@@H]2CO[C@@H](c3ccccc3)O[C@H]2[C@H](O[C@@H]2O[C@@H](C)[C@H](OCc3ccccc3)[C@@H](O[C@@H]3O[C@@H](CO[Si](C)(C)C(C)(C)C)[C@H](OCc4ccccc4)[C@@H](OCc4ccccc4)[C@H]3OCc3ccccc3)[C@H]2Cl)[C@H]1N1C(=O)c2ccccc2C1=O. The van der Waals surface area contributed by atoms with Crippen LogP contribution in [0.2, 0.25) is 18.1 Å². The normalized spacial score (nSPS) is 30.4. The highest BCUT2D eigenvalue weighted by Gasteiger charge is 2.60. The molecule has 0 saturated carbocycles. The van der Waals surface area contributed by atoms with Crippen molar-refractivity contribution in [3.63, 3.8) is 0 Å². The zero-order chi connectivity index (χ0) is 60.0. The van der Waals surface area contributed by atoms with Gasteiger partial charge in [0.1, 0.15) is 66.4 Å². The van der Waals surface area contributed by atoms with Crippen LogP contribution in [-0.2, 0) is 87.7 Å². The van der Waals surface area contributed by atoms with Gasteiger partial charge in [0.05, 0.1) is 56.9 Å². The third kappa shape index (κ3) is 14.0. The lowest BCUT2D eigenvalue weighted by molar-refractivity contribution is -0.378. The van der Waals surface area contributed by atoms with E-state index in [0.717, 1.165) is 32.7 Å². The number of imide groups is 1. The predicted octanol–water partition coefficient (Wildman–Crippen LogP) is 11.3. The van der Waals surface area contributed by atoms with E-state index in [1.807, 2.05) is 159 Å². The van der Waals surface area contributed by atoms with Crippen LogP contribution in [0.3, 0.4) is 0 Å². The number of carbonyl (C=O) groups is 2. The van der Waals surface area contributed by atoms with Crippen molar-refractivity contribution in [1.82, 2.24) is 4.90 Å². The van der Waals surface area contributed by atoms with Crippen LogP contribution in [0, 0.1) is 0 Å². The Balaban J connectivity index is 0.991. The van der Waals surface area contributed by atoms with Gasteiger partial charge in [-0.2, -0.15) is 0 Å². The second-order valence-corrected chi connectivity index (χ2v) is 29.3. The van der Waals surface area contributed by atoms with Crippen molar-refractivity contribution in [3.05, 3.63) is 215 Å². The third-order valence-corrected chi connectivity index (χ3v) is 22.1. The number of rotatable bonds is 22. The Morgan fingerprint density at radius 1 is 0.535 bits per heavy atom. The smallest absolute Gasteiger partial charge is 0.262 e. The molecule has 16 atom stereocenters. The Kier molecular flexibility index (Phi) is 20.1. The van der Waals surface area contributed by atoms with Gasteiger partial charge in [0, 0.05) is 12.7 Å². The molecule has 16 nitrogen and oxygen atoms in total. The standard InChI is InChI=1S/C68H78ClNO15Si/c1-43-55(74-37-44-25-13-8-14-26-44)58(53(69)65(80-43)85-59-54(70-62(71)49-35-23-24-36-50(49)63(70)72)66(73-5)81-51-41-78-64(83-57(51)59)48-33-21-12-22-34-48)84-67-61(77-40-47-31-19-11-20-32-47)60(76-39-46-29-17-10-18-30-46)56(75-38-45-27-15-9-16-28-45)52(82-67)42-79-86(6,7)68(2,3)4/h8-36,43,51-61,64-67H,37-42H2,1-7H3/t43-,51+,52-,53+,54+,55-,56-,57+,58-,59+,60+,61+,64+,65-,66+,67-/m0/s1. The van der Waals surface area contributed by atoms with Gasteiger partial charge in [-0.25, -0.2) is 0 Å². The number of nitrogens with zero attached hydrogens (tertiary/aromatic N) is 1. The maximum absolute atomic E-state index is 14.6. The van der Waals surface area contributed by atoms with Gasteiger partial charge in [-0.3, -0.25) is 14.5 Å². The Hall–Kier alpha value is -5.55. The average molecular weight is 1210 g/mol. The monoisotopic (exact) mass is 1210 g/mol. The van der Waals surface area contributed by atoms with Crippen LogP contribution in [0.5, 0.6) is 0 Å². The quantitative estimate of drug-likeness (QED) is 0.0359. The first-order chi connectivity index (χ1) is 41.7. The van der Waals surface area contributed by atoms with Crippen LogP contribution < -0.4 is 0 Å². The van der Waals surface area contributed by atoms with E-state index < -0.39 is 118 Å². The molecular formula is C68H78ClNO15Si. The molecule has 5 aliphatic heterocycles. The molecule has 2 amide bonds. The Labute approximate surface area is 510 Å². The lowest BCUT2D eigenvalue weighted by Gasteiger charge is -2.53. The molecule has 86 heavy (non-hydrogen) atoms. The number of benzene rings is 6. The van der Waals surface area contributed by atoms with E-state index in [4.69, 9.17) is 72.9 Å². The summed E-state index contributed by atoms with van der Waals surface area (Å²) in [6.07, 6.45) is -13.6. The van der Waals surface area contributed by atoms with Crippen molar-refractivity contribution < 1.29 is 70.9 Å². The van der Waals surface area contributed by atoms with Crippen LogP contribution in [0.15, 0.2) is 176 Å². The highest BCUT2D eigenvalue weighted by atomic mass is 35.5. The number of hydrogen-bond acceptors (Lipinski definition) is 15. The van der Waals surface area contributed by atoms with Gasteiger partial charge in [0.2, 0.25) is 0 Å². The highest BCUT2D eigenvalue weighted by molar-refractivity contribution is 6.74. The number of fused-ring (bicyclic) bond motifs is 2. The lowest BCUT2D eigenvalue weighted by atomic mass is 9.93. The molecule has 11 rings (SSSR count). The van der Waals surface area contributed by atoms with E-state index in [1.165, 1.54) is 7.11 Å². The Bertz CT molecular complexity index is 3100. The first-order valence-electron chi connectivity index (χ1n) is 29.6.